The van der Waals surface area contributed by atoms with E-state index >= 15 is 0 Å². The van der Waals surface area contributed by atoms with Crippen molar-refractivity contribution >= 4 is 5.82 Å². The predicted molar refractivity (Wildman–Crippen MR) is 68.2 cm³/mol. The number of aliphatic hydroxyl groups excluding tert-OH is 1. The first-order valence-corrected chi connectivity index (χ1v) is 6.32. The van der Waals surface area contributed by atoms with Crippen molar-refractivity contribution in [2.45, 2.75) is 25.5 Å². The molecule has 0 unspecified atom stereocenters. The van der Waals surface area contributed by atoms with Crippen molar-refractivity contribution in [1.82, 2.24) is 9.97 Å². The first-order valence-electron chi connectivity index (χ1n) is 6.32. The van der Waals surface area contributed by atoms with Crippen LogP contribution in [0.25, 0.3) is 0 Å². The van der Waals surface area contributed by atoms with Gasteiger partial charge in [-0.15, -0.1) is 0 Å². The number of aromatic nitrogens is 2. The number of piperidine rings is 1. The van der Waals surface area contributed by atoms with E-state index in [0.29, 0.717) is 13.2 Å². The number of hydrogen-bond donors (Lipinski definition) is 2. The van der Waals surface area contributed by atoms with Gasteiger partial charge in [0, 0.05) is 32.0 Å². The maximum absolute atomic E-state index is 8.73. The molecule has 0 atom stereocenters. The fourth-order valence-electron chi connectivity index (χ4n) is 2.22. The van der Waals surface area contributed by atoms with E-state index in [1.807, 2.05) is 0 Å². The Balaban J connectivity index is 1.92. The molecule has 1 aromatic heterocycles. The number of ether oxygens (including phenoxy) is 1. The largest absolute Gasteiger partial charge is 0.394 e. The van der Waals surface area contributed by atoms with Crippen LogP contribution in [0.1, 0.15) is 18.5 Å². The van der Waals surface area contributed by atoms with Gasteiger partial charge in [-0.1, -0.05) is 0 Å². The summed E-state index contributed by atoms with van der Waals surface area (Å²) in [4.78, 5) is 10.8. The van der Waals surface area contributed by atoms with Gasteiger partial charge in [-0.05, 0) is 12.8 Å². The van der Waals surface area contributed by atoms with Crippen LogP contribution < -0.4 is 10.6 Å². The minimum absolute atomic E-state index is 0.0850. The van der Waals surface area contributed by atoms with Gasteiger partial charge in [0.1, 0.15) is 0 Å². The van der Waals surface area contributed by atoms with E-state index in [4.69, 9.17) is 15.6 Å². The zero-order valence-corrected chi connectivity index (χ0v) is 10.5. The van der Waals surface area contributed by atoms with Crippen molar-refractivity contribution in [3.05, 3.63) is 18.1 Å². The monoisotopic (exact) mass is 252 g/mol. The Morgan fingerprint density at radius 1 is 1.33 bits per heavy atom. The summed E-state index contributed by atoms with van der Waals surface area (Å²) in [6.45, 7) is 2.69. The topological polar surface area (TPSA) is 84.5 Å². The molecule has 0 aliphatic carbocycles. The molecule has 0 aromatic carbocycles. The Labute approximate surface area is 107 Å². The molecule has 100 valence electrons. The standard InChI is InChI=1S/C12H20N4O2/c13-9-11-12(15-4-3-14-11)16-5-1-10(2-6-16)18-8-7-17/h3-4,10,17H,1-2,5-9,13H2. The zero-order chi connectivity index (χ0) is 12.8. The first kappa shape index (κ1) is 13.2. The van der Waals surface area contributed by atoms with Gasteiger partial charge in [0.15, 0.2) is 5.82 Å². The van der Waals surface area contributed by atoms with E-state index in [1.54, 1.807) is 12.4 Å². The molecule has 6 nitrogen and oxygen atoms in total. The van der Waals surface area contributed by atoms with Crippen LogP contribution in [0.2, 0.25) is 0 Å². The van der Waals surface area contributed by atoms with E-state index in [-0.39, 0.29) is 12.7 Å². The molecular formula is C12H20N4O2. The fourth-order valence-corrected chi connectivity index (χ4v) is 2.22. The van der Waals surface area contributed by atoms with E-state index in [1.165, 1.54) is 0 Å². The van der Waals surface area contributed by atoms with Crippen LogP contribution in [0.3, 0.4) is 0 Å². The normalized spacial score (nSPS) is 17.1. The summed E-state index contributed by atoms with van der Waals surface area (Å²) in [5, 5.41) is 8.73. The maximum Gasteiger partial charge on any atom is 0.151 e. The maximum atomic E-state index is 8.73. The molecule has 1 saturated heterocycles. The average Bonchev–Trinajstić information content (AvgIpc) is 2.45. The van der Waals surface area contributed by atoms with Gasteiger partial charge in [-0.3, -0.25) is 4.98 Å². The van der Waals surface area contributed by atoms with Gasteiger partial charge in [-0.2, -0.15) is 0 Å². The van der Waals surface area contributed by atoms with Gasteiger partial charge in [0.2, 0.25) is 0 Å². The Hall–Kier alpha value is -1.24. The minimum Gasteiger partial charge on any atom is -0.394 e. The Bertz CT molecular complexity index is 367. The lowest BCUT2D eigenvalue weighted by Crippen LogP contribution is -2.38. The number of nitrogens with two attached hydrogens (primary N) is 1. The van der Waals surface area contributed by atoms with Crippen LogP contribution in [-0.4, -0.2) is 47.5 Å². The van der Waals surface area contributed by atoms with Gasteiger partial charge in [-0.25, -0.2) is 4.98 Å². The molecule has 3 N–H and O–H groups in total. The molecule has 2 rings (SSSR count). The second-order valence-electron chi connectivity index (χ2n) is 4.31. The van der Waals surface area contributed by atoms with Crippen LogP contribution in [0.5, 0.6) is 0 Å². The third kappa shape index (κ3) is 3.16. The lowest BCUT2D eigenvalue weighted by atomic mass is 10.1. The lowest BCUT2D eigenvalue weighted by Gasteiger charge is -2.33. The summed E-state index contributed by atoms with van der Waals surface area (Å²) in [7, 11) is 0. The number of anilines is 1. The Kier molecular flexibility index (Phi) is 4.86. The molecule has 0 saturated carbocycles. The highest BCUT2D eigenvalue weighted by molar-refractivity contribution is 5.43. The predicted octanol–water partition coefficient (Wildman–Crippen LogP) is -0.0870. The Morgan fingerprint density at radius 3 is 2.72 bits per heavy atom. The van der Waals surface area contributed by atoms with E-state index < -0.39 is 0 Å². The summed E-state index contributed by atoms with van der Waals surface area (Å²) in [6.07, 6.45) is 5.50. The third-order valence-corrected chi connectivity index (χ3v) is 3.13. The zero-order valence-electron chi connectivity index (χ0n) is 10.5. The lowest BCUT2D eigenvalue weighted by molar-refractivity contribution is 0.0158. The summed E-state index contributed by atoms with van der Waals surface area (Å²) < 4.78 is 5.54. The van der Waals surface area contributed by atoms with Crippen LogP contribution in [0, 0.1) is 0 Å². The second-order valence-corrected chi connectivity index (χ2v) is 4.31. The van der Waals surface area contributed by atoms with Crippen molar-refractivity contribution in [2.75, 3.05) is 31.2 Å². The molecule has 2 heterocycles. The highest BCUT2D eigenvalue weighted by Crippen LogP contribution is 2.21. The molecule has 0 bridgehead atoms. The molecule has 1 aromatic rings. The number of aliphatic hydroxyl groups is 1. The first-order chi connectivity index (χ1) is 8.85. The highest BCUT2D eigenvalue weighted by atomic mass is 16.5. The molecular weight excluding hydrogens is 232 g/mol. The van der Waals surface area contributed by atoms with Gasteiger partial charge in [0.25, 0.3) is 0 Å². The molecule has 0 spiro atoms. The van der Waals surface area contributed by atoms with Crippen molar-refractivity contribution in [3.63, 3.8) is 0 Å². The number of rotatable bonds is 5. The van der Waals surface area contributed by atoms with Crippen LogP contribution in [0.4, 0.5) is 5.82 Å². The molecule has 6 heteroatoms. The van der Waals surface area contributed by atoms with Gasteiger partial charge < -0.3 is 20.5 Å². The van der Waals surface area contributed by atoms with Crippen molar-refractivity contribution in [1.29, 1.82) is 0 Å². The molecule has 0 amide bonds. The molecule has 1 aliphatic heterocycles. The van der Waals surface area contributed by atoms with Gasteiger partial charge >= 0.3 is 0 Å². The molecule has 0 radical (unpaired) electrons. The van der Waals surface area contributed by atoms with Crippen LogP contribution in [0.15, 0.2) is 12.4 Å². The fraction of sp³-hybridized carbons (Fsp3) is 0.667. The van der Waals surface area contributed by atoms with E-state index in [2.05, 4.69) is 14.9 Å². The number of hydrogen-bond acceptors (Lipinski definition) is 6. The molecule has 18 heavy (non-hydrogen) atoms. The van der Waals surface area contributed by atoms with E-state index in [0.717, 1.165) is 37.4 Å². The minimum atomic E-state index is 0.0850. The third-order valence-electron chi connectivity index (χ3n) is 3.13. The second kappa shape index (κ2) is 6.63. The summed E-state index contributed by atoms with van der Waals surface area (Å²) in [5.74, 6) is 0.889. The van der Waals surface area contributed by atoms with Crippen LogP contribution in [-0.2, 0) is 11.3 Å². The van der Waals surface area contributed by atoms with Crippen LogP contribution >= 0.6 is 0 Å². The average molecular weight is 252 g/mol. The highest BCUT2D eigenvalue weighted by Gasteiger charge is 2.22. The molecule has 1 fully saturated rings. The number of nitrogens with zero attached hydrogens (tertiary/aromatic N) is 3. The smallest absolute Gasteiger partial charge is 0.151 e. The van der Waals surface area contributed by atoms with Crippen molar-refractivity contribution in [3.8, 4) is 0 Å². The van der Waals surface area contributed by atoms with Crippen molar-refractivity contribution < 1.29 is 9.84 Å². The van der Waals surface area contributed by atoms with Gasteiger partial charge in [0.05, 0.1) is 25.0 Å². The Morgan fingerprint density at radius 2 is 2.06 bits per heavy atom. The SMILES string of the molecule is NCc1nccnc1N1CCC(OCCO)CC1. The van der Waals surface area contributed by atoms with E-state index in [9.17, 15) is 0 Å². The summed E-state index contributed by atoms with van der Waals surface area (Å²) in [5.41, 5.74) is 6.51. The molecule has 1 aliphatic rings. The quantitative estimate of drug-likeness (QED) is 0.762. The summed E-state index contributed by atoms with van der Waals surface area (Å²) in [6, 6.07) is 0. The summed E-state index contributed by atoms with van der Waals surface area (Å²) >= 11 is 0. The van der Waals surface area contributed by atoms with Crippen molar-refractivity contribution in [2.24, 2.45) is 5.73 Å².